The van der Waals surface area contributed by atoms with E-state index in [1.54, 1.807) is 19.3 Å². The second-order valence-corrected chi connectivity index (χ2v) is 8.69. The minimum absolute atomic E-state index is 0. The lowest BCUT2D eigenvalue weighted by Crippen LogP contribution is -2.29. The molecule has 0 aliphatic rings. The van der Waals surface area contributed by atoms with Crippen molar-refractivity contribution < 1.29 is 13.2 Å². The van der Waals surface area contributed by atoms with Gasteiger partial charge in [0.1, 0.15) is 6.33 Å². The van der Waals surface area contributed by atoms with Gasteiger partial charge in [0.05, 0.1) is 10.9 Å². The lowest BCUT2D eigenvalue weighted by Gasteiger charge is -2.14. The number of halogens is 1. The molecule has 2 heterocycles. The van der Waals surface area contributed by atoms with Crippen molar-refractivity contribution in [3.63, 3.8) is 0 Å². The number of aryl methyl sites for hydroxylation is 1. The molecule has 1 amide bonds. The summed E-state index contributed by atoms with van der Waals surface area (Å²) in [6, 6.07) is 3.41. The van der Waals surface area contributed by atoms with Crippen LogP contribution < -0.4 is 5.32 Å². The van der Waals surface area contributed by atoms with Gasteiger partial charge in [0.15, 0.2) is 15.7 Å². The quantitative estimate of drug-likeness (QED) is 0.626. The van der Waals surface area contributed by atoms with E-state index < -0.39 is 21.8 Å². The number of hydrogen-bond donors (Lipinski definition) is 1. The molecule has 9 nitrogen and oxygen atoms in total. The molecule has 0 saturated carbocycles. The zero-order valence-electron chi connectivity index (χ0n) is 15.8. The summed E-state index contributed by atoms with van der Waals surface area (Å²) >= 11 is 5.97. The van der Waals surface area contributed by atoms with Crippen LogP contribution in [0, 0.1) is 6.92 Å². The Kier molecular flexibility index (Phi) is 6.98. The topological polar surface area (TPSA) is 120 Å². The number of carbonyl (C=O) groups is 1. The van der Waals surface area contributed by atoms with Gasteiger partial charge in [-0.25, -0.2) is 23.4 Å². The second-order valence-electron chi connectivity index (χ2n) is 6.23. The van der Waals surface area contributed by atoms with E-state index in [4.69, 9.17) is 11.6 Å². The summed E-state index contributed by atoms with van der Waals surface area (Å²) in [5.74, 6) is 0.239. The fraction of sp³-hybridized carbons (Fsp3) is 0.235. The number of aromatic nitrogens is 5. The molecule has 1 N–H and O–H groups in total. The zero-order valence-corrected chi connectivity index (χ0v) is 18.4. The molecule has 0 bridgehead atoms. The summed E-state index contributed by atoms with van der Waals surface area (Å²) in [7, 11) is -3.51. The van der Waals surface area contributed by atoms with Crippen molar-refractivity contribution in [2.24, 2.45) is 0 Å². The van der Waals surface area contributed by atoms with Crippen molar-refractivity contribution in [2.45, 2.75) is 24.8 Å². The molecule has 0 aliphatic heterocycles. The highest BCUT2D eigenvalue weighted by molar-refractivity contribution is 7.90. The number of carbonyl (C=O) groups excluding carboxylic acids is 1. The molecule has 3 rings (SSSR count). The monoisotopic (exact) mass is 454 g/mol. The molecule has 1 atom stereocenters. The fourth-order valence-electron chi connectivity index (χ4n) is 2.45. The number of rotatable bonds is 5. The summed E-state index contributed by atoms with van der Waals surface area (Å²) in [6.45, 7) is 3.58. The summed E-state index contributed by atoms with van der Waals surface area (Å²) in [5.41, 5.74) is 1.02. The van der Waals surface area contributed by atoms with Crippen LogP contribution in [0.3, 0.4) is 0 Å². The van der Waals surface area contributed by atoms with Gasteiger partial charge in [0.25, 0.3) is 11.9 Å². The smallest absolute Gasteiger partial charge is 0.252 e. The van der Waals surface area contributed by atoms with Gasteiger partial charge in [0.2, 0.25) is 0 Å². The van der Waals surface area contributed by atoms with Gasteiger partial charge >= 0.3 is 0 Å². The van der Waals surface area contributed by atoms with Crippen molar-refractivity contribution in [1.82, 2.24) is 30.0 Å². The van der Waals surface area contributed by atoms with E-state index in [2.05, 4.69) is 25.4 Å². The van der Waals surface area contributed by atoms with E-state index >= 15 is 0 Å². The SMILES string of the molecule is Cc1cnc(-n2ncnc2[C@@H](C)NC(=O)c2cc(Cl)cc(S(C)(=O)=O)c2)nc1.S. The molecule has 0 fully saturated rings. The van der Waals surface area contributed by atoms with Gasteiger partial charge in [-0.05, 0) is 37.6 Å². The van der Waals surface area contributed by atoms with Gasteiger partial charge in [-0.15, -0.1) is 0 Å². The predicted molar refractivity (Wildman–Crippen MR) is 113 cm³/mol. The third-order valence-electron chi connectivity index (χ3n) is 3.83. The van der Waals surface area contributed by atoms with Crippen LogP contribution >= 0.6 is 25.1 Å². The number of nitrogens with one attached hydrogen (secondary N) is 1. The minimum atomic E-state index is -3.51. The Balaban J connectivity index is 0.00000300. The molecular formula is C17H19ClN6O3S2. The first-order valence-corrected chi connectivity index (χ1v) is 10.4. The van der Waals surface area contributed by atoms with Crippen molar-refractivity contribution in [3.8, 4) is 5.95 Å². The first-order chi connectivity index (χ1) is 13.1. The van der Waals surface area contributed by atoms with Crippen molar-refractivity contribution in [3.05, 3.63) is 58.9 Å². The fourth-order valence-corrected chi connectivity index (χ4v) is 3.43. The molecule has 29 heavy (non-hydrogen) atoms. The Bertz CT molecular complexity index is 1130. The molecular weight excluding hydrogens is 436 g/mol. The molecule has 0 aliphatic carbocycles. The van der Waals surface area contributed by atoms with E-state index in [1.165, 1.54) is 29.2 Å². The predicted octanol–water partition coefficient (Wildman–Crippen LogP) is 2.03. The van der Waals surface area contributed by atoms with Crippen LogP contribution in [-0.4, -0.2) is 45.3 Å². The Morgan fingerprint density at radius 3 is 2.45 bits per heavy atom. The van der Waals surface area contributed by atoms with Crippen LogP contribution in [-0.2, 0) is 9.84 Å². The average molecular weight is 455 g/mol. The van der Waals surface area contributed by atoms with E-state index in [9.17, 15) is 13.2 Å². The first-order valence-electron chi connectivity index (χ1n) is 8.15. The van der Waals surface area contributed by atoms with Crippen molar-refractivity contribution in [1.29, 1.82) is 0 Å². The van der Waals surface area contributed by atoms with Crippen molar-refractivity contribution in [2.75, 3.05) is 6.26 Å². The maximum Gasteiger partial charge on any atom is 0.252 e. The number of benzene rings is 1. The highest BCUT2D eigenvalue weighted by atomic mass is 35.5. The molecule has 0 unspecified atom stereocenters. The summed E-state index contributed by atoms with van der Waals surface area (Å²) in [5, 5.41) is 7.01. The van der Waals surface area contributed by atoms with Gasteiger partial charge in [-0.3, -0.25) is 4.79 Å². The number of nitrogens with zero attached hydrogens (tertiary/aromatic N) is 5. The largest absolute Gasteiger partial charge is 0.342 e. The second kappa shape index (κ2) is 8.89. The number of hydrogen-bond acceptors (Lipinski definition) is 7. The van der Waals surface area contributed by atoms with E-state index in [0.717, 1.165) is 11.8 Å². The Labute approximate surface area is 179 Å². The lowest BCUT2D eigenvalue weighted by atomic mass is 10.2. The zero-order chi connectivity index (χ0) is 20.5. The van der Waals surface area contributed by atoms with Crippen LogP contribution in [0.15, 0.2) is 41.8 Å². The lowest BCUT2D eigenvalue weighted by molar-refractivity contribution is 0.0937. The van der Waals surface area contributed by atoms with Crippen LogP contribution in [0.5, 0.6) is 0 Å². The standard InChI is InChI=1S/C17H17ClN6O3S.H2S/c1-10-7-19-17(20-8-10)24-15(21-9-22-24)11(2)23-16(25)12-4-13(18)6-14(5-12)28(3,26)27;/h4-9,11H,1-3H3,(H,23,25);1H2/t11-;/m1./s1. The number of amides is 1. The van der Waals surface area contributed by atoms with Crippen molar-refractivity contribution >= 4 is 40.8 Å². The molecule has 1 aromatic carbocycles. The molecule has 2 aromatic heterocycles. The summed E-state index contributed by atoms with van der Waals surface area (Å²) < 4.78 is 25.0. The number of sulfone groups is 1. The van der Waals surface area contributed by atoms with Gasteiger partial charge in [-0.1, -0.05) is 11.6 Å². The van der Waals surface area contributed by atoms with E-state index in [0.29, 0.717) is 11.8 Å². The summed E-state index contributed by atoms with van der Waals surface area (Å²) in [6.07, 6.45) is 5.68. The molecule has 12 heteroatoms. The first kappa shape index (κ1) is 22.8. The van der Waals surface area contributed by atoms with Crippen LogP contribution in [0.4, 0.5) is 0 Å². The molecule has 0 radical (unpaired) electrons. The third kappa shape index (κ3) is 5.31. The van der Waals surface area contributed by atoms with Gasteiger partial charge in [0, 0.05) is 29.2 Å². The van der Waals surface area contributed by atoms with Crippen LogP contribution in [0.2, 0.25) is 5.02 Å². The third-order valence-corrected chi connectivity index (χ3v) is 5.14. The average Bonchev–Trinajstić information content (AvgIpc) is 3.11. The van der Waals surface area contributed by atoms with E-state index in [-0.39, 0.29) is 29.0 Å². The molecule has 3 aromatic rings. The maximum atomic E-state index is 12.6. The minimum Gasteiger partial charge on any atom is -0.342 e. The molecule has 154 valence electrons. The van der Waals surface area contributed by atoms with Gasteiger partial charge < -0.3 is 5.32 Å². The van der Waals surface area contributed by atoms with Crippen LogP contribution in [0.25, 0.3) is 5.95 Å². The molecule has 0 saturated heterocycles. The molecule has 0 spiro atoms. The maximum absolute atomic E-state index is 12.6. The Morgan fingerprint density at radius 2 is 1.83 bits per heavy atom. The van der Waals surface area contributed by atoms with Gasteiger partial charge in [-0.2, -0.15) is 23.3 Å². The normalized spacial score (nSPS) is 12.1. The Morgan fingerprint density at radius 1 is 1.17 bits per heavy atom. The summed E-state index contributed by atoms with van der Waals surface area (Å²) in [4.78, 5) is 25.2. The highest BCUT2D eigenvalue weighted by Gasteiger charge is 2.20. The highest BCUT2D eigenvalue weighted by Crippen LogP contribution is 2.20. The van der Waals surface area contributed by atoms with Crippen LogP contribution in [0.1, 0.15) is 34.7 Å². The Hall–Kier alpha value is -2.50. The van der Waals surface area contributed by atoms with E-state index in [1.807, 2.05) is 6.92 Å².